The smallest absolute Gasteiger partial charge is 0.122 e. The molecule has 18 heavy (non-hydrogen) atoms. The van der Waals surface area contributed by atoms with Crippen LogP contribution in [0.2, 0.25) is 0 Å². The molecule has 0 aliphatic heterocycles. The summed E-state index contributed by atoms with van der Waals surface area (Å²) in [5, 5.41) is 16.3. The Kier molecular flexibility index (Phi) is 6.35. The molecule has 0 unspecified atom stereocenters. The molecule has 4 N–H and O–H groups in total. The minimum Gasteiger partial charge on any atom is -0.395 e. The lowest BCUT2D eigenvalue weighted by molar-refractivity contribution is 0.127. The van der Waals surface area contributed by atoms with Gasteiger partial charge < -0.3 is 15.6 Å². The first-order valence-electron chi connectivity index (χ1n) is 5.93. The van der Waals surface area contributed by atoms with Crippen molar-refractivity contribution in [3.63, 3.8) is 0 Å². The number of hydrogen-bond acceptors (Lipinski definition) is 4. The maximum Gasteiger partial charge on any atom is 0.122 e. The number of nitrogen functional groups attached to an aromatic ring is 1. The number of aliphatic hydroxyl groups is 1. The average molecular weight is 251 g/mol. The van der Waals surface area contributed by atoms with Gasteiger partial charge in [0, 0.05) is 32.3 Å². The molecule has 0 atom stereocenters. The number of nitrogens with two attached hydrogens (primary N) is 1. The highest BCUT2D eigenvalue weighted by atomic mass is 16.5. The van der Waals surface area contributed by atoms with E-state index in [4.69, 9.17) is 21.0 Å². The highest BCUT2D eigenvalue weighted by Crippen LogP contribution is 2.07. The average Bonchev–Trinajstić information content (AvgIpc) is 2.37. The van der Waals surface area contributed by atoms with Gasteiger partial charge in [-0.05, 0) is 5.56 Å². The summed E-state index contributed by atoms with van der Waals surface area (Å²) in [5.74, 6) is 0.0770. The Morgan fingerprint density at radius 2 is 2.00 bits per heavy atom. The molecule has 1 aromatic rings. The van der Waals surface area contributed by atoms with Gasteiger partial charge in [-0.15, -0.1) is 0 Å². The Bertz CT molecular complexity index is 365. The van der Waals surface area contributed by atoms with Gasteiger partial charge in [-0.25, -0.2) is 0 Å². The van der Waals surface area contributed by atoms with Gasteiger partial charge in [0.1, 0.15) is 5.84 Å². The first kappa shape index (κ1) is 14.6. The van der Waals surface area contributed by atoms with Gasteiger partial charge in [0.2, 0.25) is 0 Å². The second-order valence-electron chi connectivity index (χ2n) is 4.10. The molecule has 0 bridgehead atoms. The predicted molar refractivity (Wildman–Crippen MR) is 71.7 cm³/mol. The minimum absolute atomic E-state index is 0.0770. The molecule has 100 valence electrons. The van der Waals surface area contributed by atoms with E-state index >= 15 is 0 Å². The van der Waals surface area contributed by atoms with Crippen LogP contribution in [-0.4, -0.2) is 49.3 Å². The van der Waals surface area contributed by atoms with Crippen LogP contribution in [0.1, 0.15) is 11.1 Å². The molecular weight excluding hydrogens is 230 g/mol. The normalized spacial score (nSPS) is 10.8. The molecule has 1 aromatic carbocycles. The zero-order valence-electron chi connectivity index (χ0n) is 10.7. The quantitative estimate of drug-likeness (QED) is 0.462. The highest BCUT2D eigenvalue weighted by Gasteiger charge is 2.05. The first-order valence-corrected chi connectivity index (χ1v) is 5.93. The maximum absolute atomic E-state index is 9.00. The number of nitrogens with one attached hydrogen (secondary N) is 1. The fourth-order valence-electron chi connectivity index (χ4n) is 1.68. The van der Waals surface area contributed by atoms with Crippen LogP contribution in [0.25, 0.3) is 0 Å². The summed E-state index contributed by atoms with van der Waals surface area (Å²) in [6.45, 7) is 2.94. The molecule has 0 aliphatic rings. The number of aliphatic hydroxyl groups excluding tert-OH is 1. The summed E-state index contributed by atoms with van der Waals surface area (Å²) in [6.07, 6.45) is 0. The number of hydrogen-bond donors (Lipinski definition) is 3. The Morgan fingerprint density at radius 1 is 1.33 bits per heavy atom. The van der Waals surface area contributed by atoms with Crippen LogP contribution in [0.3, 0.4) is 0 Å². The third-order valence-corrected chi connectivity index (χ3v) is 2.70. The molecular formula is C13H21N3O2. The number of rotatable bonds is 8. The van der Waals surface area contributed by atoms with E-state index in [0.29, 0.717) is 13.2 Å². The second-order valence-corrected chi connectivity index (χ2v) is 4.10. The number of nitrogens with zero attached hydrogens (tertiary/aromatic N) is 1. The molecule has 1 rings (SSSR count). The summed E-state index contributed by atoms with van der Waals surface area (Å²) in [6, 6.07) is 7.58. The van der Waals surface area contributed by atoms with Crippen molar-refractivity contribution >= 4 is 5.84 Å². The molecule has 0 radical (unpaired) electrons. The lowest BCUT2D eigenvalue weighted by Gasteiger charge is -2.21. The van der Waals surface area contributed by atoms with Gasteiger partial charge in [0.05, 0.1) is 13.2 Å². The third kappa shape index (κ3) is 4.83. The minimum atomic E-state index is 0.0770. The van der Waals surface area contributed by atoms with Crippen LogP contribution < -0.4 is 5.73 Å². The van der Waals surface area contributed by atoms with Gasteiger partial charge in [-0.3, -0.25) is 10.3 Å². The van der Waals surface area contributed by atoms with E-state index in [1.807, 2.05) is 24.3 Å². The molecule has 0 amide bonds. The molecule has 0 saturated carbocycles. The lowest BCUT2D eigenvalue weighted by Crippen LogP contribution is -2.29. The van der Waals surface area contributed by atoms with Gasteiger partial charge in [0.25, 0.3) is 0 Å². The monoisotopic (exact) mass is 251 g/mol. The Labute approximate surface area is 108 Å². The van der Waals surface area contributed by atoms with Gasteiger partial charge in [-0.2, -0.15) is 0 Å². The van der Waals surface area contributed by atoms with Crippen molar-refractivity contribution in [3.05, 3.63) is 35.4 Å². The van der Waals surface area contributed by atoms with Gasteiger partial charge >= 0.3 is 0 Å². The zero-order chi connectivity index (χ0) is 13.4. The van der Waals surface area contributed by atoms with E-state index < -0.39 is 0 Å². The summed E-state index contributed by atoms with van der Waals surface area (Å²) < 4.78 is 5.04. The van der Waals surface area contributed by atoms with Crippen molar-refractivity contribution < 1.29 is 9.84 Å². The topological polar surface area (TPSA) is 82.6 Å². The molecule has 0 aromatic heterocycles. The van der Waals surface area contributed by atoms with Crippen LogP contribution >= 0.6 is 0 Å². The highest BCUT2D eigenvalue weighted by molar-refractivity contribution is 5.94. The van der Waals surface area contributed by atoms with Crippen molar-refractivity contribution in [3.8, 4) is 0 Å². The fourth-order valence-corrected chi connectivity index (χ4v) is 1.68. The molecule has 5 nitrogen and oxygen atoms in total. The summed E-state index contributed by atoms with van der Waals surface area (Å²) in [4.78, 5) is 2.12. The SMILES string of the molecule is COCCN(CCO)Cc1ccc(C(=N)N)cc1. The van der Waals surface area contributed by atoms with E-state index in [1.165, 1.54) is 0 Å². The lowest BCUT2D eigenvalue weighted by atomic mass is 10.1. The standard InChI is InChI=1S/C13H21N3O2/c1-18-9-7-16(6-8-17)10-11-2-4-12(5-3-11)13(14)15/h2-5,17H,6-10H2,1H3,(H3,14,15). The van der Waals surface area contributed by atoms with Crippen molar-refractivity contribution in [2.24, 2.45) is 5.73 Å². The Hall–Kier alpha value is -1.43. The van der Waals surface area contributed by atoms with Crippen LogP contribution in [0.5, 0.6) is 0 Å². The molecule has 0 aliphatic carbocycles. The van der Waals surface area contributed by atoms with Gasteiger partial charge in [0.15, 0.2) is 0 Å². The van der Waals surface area contributed by atoms with E-state index in [1.54, 1.807) is 7.11 Å². The van der Waals surface area contributed by atoms with Crippen LogP contribution in [0.15, 0.2) is 24.3 Å². The number of benzene rings is 1. The molecule has 0 fully saturated rings. The maximum atomic E-state index is 9.00. The first-order chi connectivity index (χ1) is 8.67. The summed E-state index contributed by atoms with van der Waals surface area (Å²) >= 11 is 0. The fraction of sp³-hybridized carbons (Fsp3) is 0.462. The number of amidine groups is 1. The van der Waals surface area contributed by atoms with Crippen molar-refractivity contribution in [1.82, 2.24) is 4.90 Å². The van der Waals surface area contributed by atoms with E-state index in [9.17, 15) is 0 Å². The summed E-state index contributed by atoms with van der Waals surface area (Å²) in [5.41, 5.74) is 7.26. The van der Waals surface area contributed by atoms with Gasteiger partial charge in [-0.1, -0.05) is 24.3 Å². The van der Waals surface area contributed by atoms with Crippen LogP contribution in [0.4, 0.5) is 0 Å². The largest absolute Gasteiger partial charge is 0.395 e. The van der Waals surface area contributed by atoms with E-state index in [0.717, 1.165) is 24.2 Å². The number of ether oxygens (including phenoxy) is 1. The van der Waals surface area contributed by atoms with Crippen molar-refractivity contribution in [2.75, 3.05) is 33.4 Å². The Morgan fingerprint density at radius 3 is 2.50 bits per heavy atom. The van der Waals surface area contributed by atoms with E-state index in [-0.39, 0.29) is 12.4 Å². The van der Waals surface area contributed by atoms with Crippen molar-refractivity contribution in [2.45, 2.75) is 6.54 Å². The number of methoxy groups -OCH3 is 1. The predicted octanol–water partition coefficient (Wildman–Crippen LogP) is 0.411. The molecule has 5 heteroatoms. The zero-order valence-corrected chi connectivity index (χ0v) is 10.7. The second kappa shape index (κ2) is 7.81. The third-order valence-electron chi connectivity index (χ3n) is 2.70. The van der Waals surface area contributed by atoms with Crippen LogP contribution in [-0.2, 0) is 11.3 Å². The molecule has 0 saturated heterocycles. The molecule has 0 spiro atoms. The Balaban J connectivity index is 2.59. The van der Waals surface area contributed by atoms with Crippen LogP contribution in [0, 0.1) is 5.41 Å². The molecule has 0 heterocycles. The summed E-state index contributed by atoms with van der Waals surface area (Å²) in [7, 11) is 1.67. The van der Waals surface area contributed by atoms with Crippen molar-refractivity contribution in [1.29, 1.82) is 5.41 Å². The van der Waals surface area contributed by atoms with E-state index in [2.05, 4.69) is 4.90 Å².